The van der Waals surface area contributed by atoms with Gasteiger partial charge >= 0.3 is 0 Å². The SMILES string of the molecule is CCCCc1ccc(N=C2CCCCCN2C)cc1. The molecule has 104 valence electrons. The molecule has 0 aliphatic carbocycles. The van der Waals surface area contributed by atoms with Crippen LogP contribution < -0.4 is 0 Å². The first-order chi connectivity index (χ1) is 9.29. The Morgan fingerprint density at radius 1 is 1.11 bits per heavy atom. The van der Waals surface area contributed by atoms with Gasteiger partial charge in [0.1, 0.15) is 5.84 Å². The van der Waals surface area contributed by atoms with Crippen LogP contribution in [0.2, 0.25) is 0 Å². The predicted octanol–water partition coefficient (Wildman–Crippen LogP) is 4.57. The van der Waals surface area contributed by atoms with E-state index in [9.17, 15) is 0 Å². The number of benzene rings is 1. The molecule has 0 spiro atoms. The van der Waals surface area contributed by atoms with E-state index in [0.29, 0.717) is 0 Å². The molecule has 2 rings (SSSR count). The molecule has 1 heterocycles. The van der Waals surface area contributed by atoms with Gasteiger partial charge in [0.15, 0.2) is 0 Å². The Morgan fingerprint density at radius 2 is 1.89 bits per heavy atom. The van der Waals surface area contributed by atoms with Crippen LogP contribution in [-0.2, 0) is 6.42 Å². The van der Waals surface area contributed by atoms with Crippen molar-refractivity contribution in [1.29, 1.82) is 0 Å². The molecule has 0 atom stereocenters. The largest absolute Gasteiger partial charge is 0.363 e. The van der Waals surface area contributed by atoms with Crippen molar-refractivity contribution in [2.75, 3.05) is 13.6 Å². The van der Waals surface area contributed by atoms with Gasteiger partial charge in [0.2, 0.25) is 0 Å². The topological polar surface area (TPSA) is 15.6 Å². The van der Waals surface area contributed by atoms with Crippen molar-refractivity contribution >= 4 is 11.5 Å². The lowest BCUT2D eigenvalue weighted by atomic mass is 10.1. The molecule has 2 heteroatoms. The molecule has 1 saturated heterocycles. The predicted molar refractivity (Wildman–Crippen MR) is 83.2 cm³/mol. The molecule has 0 aromatic heterocycles. The molecular formula is C17H26N2. The van der Waals surface area contributed by atoms with E-state index in [0.717, 1.165) is 18.7 Å². The Labute approximate surface area is 117 Å². The summed E-state index contributed by atoms with van der Waals surface area (Å²) in [6.45, 7) is 3.38. The summed E-state index contributed by atoms with van der Waals surface area (Å²) < 4.78 is 0. The highest BCUT2D eigenvalue weighted by Crippen LogP contribution is 2.18. The highest BCUT2D eigenvalue weighted by Gasteiger charge is 2.10. The van der Waals surface area contributed by atoms with Crippen molar-refractivity contribution in [3.05, 3.63) is 29.8 Å². The van der Waals surface area contributed by atoms with Gasteiger partial charge in [-0.05, 0) is 43.4 Å². The van der Waals surface area contributed by atoms with E-state index in [-0.39, 0.29) is 0 Å². The van der Waals surface area contributed by atoms with Crippen LogP contribution in [0.5, 0.6) is 0 Å². The van der Waals surface area contributed by atoms with Crippen LogP contribution in [0.25, 0.3) is 0 Å². The molecule has 0 amide bonds. The minimum atomic E-state index is 1.10. The average Bonchev–Trinajstić information content (AvgIpc) is 2.63. The Kier molecular flexibility index (Phi) is 5.44. The van der Waals surface area contributed by atoms with Crippen molar-refractivity contribution in [3.8, 4) is 0 Å². The Bertz CT molecular complexity index is 406. The summed E-state index contributed by atoms with van der Waals surface area (Å²) in [7, 11) is 2.17. The highest BCUT2D eigenvalue weighted by atomic mass is 15.2. The van der Waals surface area contributed by atoms with E-state index in [1.807, 2.05) is 0 Å². The molecule has 0 saturated carbocycles. The third-order valence-electron chi connectivity index (χ3n) is 3.85. The van der Waals surface area contributed by atoms with Gasteiger partial charge in [0, 0.05) is 20.0 Å². The molecule has 2 nitrogen and oxygen atoms in total. The molecule has 1 aliphatic heterocycles. The zero-order valence-corrected chi connectivity index (χ0v) is 12.4. The lowest BCUT2D eigenvalue weighted by Crippen LogP contribution is -2.25. The summed E-state index contributed by atoms with van der Waals surface area (Å²) in [6.07, 6.45) is 8.75. The minimum absolute atomic E-state index is 1.10. The summed E-state index contributed by atoms with van der Waals surface area (Å²) in [4.78, 5) is 7.14. The first-order valence-electron chi connectivity index (χ1n) is 7.67. The smallest absolute Gasteiger partial charge is 0.105 e. The first-order valence-corrected chi connectivity index (χ1v) is 7.67. The Morgan fingerprint density at radius 3 is 2.63 bits per heavy atom. The maximum atomic E-state index is 4.82. The third kappa shape index (κ3) is 4.38. The van der Waals surface area contributed by atoms with E-state index in [1.54, 1.807) is 0 Å². The number of hydrogen-bond donors (Lipinski definition) is 0. The van der Waals surface area contributed by atoms with Gasteiger partial charge in [0.25, 0.3) is 0 Å². The monoisotopic (exact) mass is 258 g/mol. The fraction of sp³-hybridized carbons (Fsp3) is 0.588. The van der Waals surface area contributed by atoms with Crippen molar-refractivity contribution in [2.45, 2.75) is 51.9 Å². The molecule has 0 bridgehead atoms. The van der Waals surface area contributed by atoms with E-state index >= 15 is 0 Å². The summed E-state index contributed by atoms with van der Waals surface area (Å²) in [5.41, 5.74) is 2.53. The van der Waals surface area contributed by atoms with E-state index < -0.39 is 0 Å². The van der Waals surface area contributed by atoms with Gasteiger partial charge < -0.3 is 4.90 Å². The second kappa shape index (κ2) is 7.32. The molecule has 1 aliphatic rings. The van der Waals surface area contributed by atoms with Gasteiger partial charge in [-0.1, -0.05) is 31.9 Å². The number of aliphatic imine (C=N–C) groups is 1. The molecule has 1 fully saturated rings. The normalized spacial score (nSPS) is 18.6. The van der Waals surface area contributed by atoms with E-state index in [1.165, 1.54) is 49.9 Å². The number of unbranched alkanes of at least 4 members (excludes halogenated alkanes) is 1. The molecule has 0 unspecified atom stereocenters. The zero-order valence-electron chi connectivity index (χ0n) is 12.4. The van der Waals surface area contributed by atoms with E-state index in [2.05, 4.69) is 43.1 Å². The quantitative estimate of drug-likeness (QED) is 0.772. The van der Waals surface area contributed by atoms with Crippen LogP contribution in [-0.4, -0.2) is 24.3 Å². The summed E-state index contributed by atoms with van der Waals surface area (Å²) in [5.74, 6) is 1.25. The average molecular weight is 258 g/mol. The lowest BCUT2D eigenvalue weighted by Gasteiger charge is -2.18. The number of likely N-dealkylation sites (tertiary alicyclic amines) is 1. The number of amidine groups is 1. The van der Waals surface area contributed by atoms with Crippen LogP contribution in [0.4, 0.5) is 5.69 Å². The second-order valence-electron chi connectivity index (χ2n) is 5.53. The van der Waals surface area contributed by atoms with Gasteiger partial charge in [-0.15, -0.1) is 0 Å². The Balaban J connectivity index is 2.04. The van der Waals surface area contributed by atoms with Gasteiger partial charge in [0.05, 0.1) is 5.69 Å². The Hall–Kier alpha value is -1.31. The molecule has 0 N–H and O–H groups in total. The van der Waals surface area contributed by atoms with Gasteiger partial charge in [-0.25, -0.2) is 4.99 Å². The third-order valence-corrected chi connectivity index (χ3v) is 3.85. The number of aryl methyl sites for hydroxylation is 1. The standard InChI is InChI=1S/C17H26N2/c1-3-4-8-15-10-12-16(13-11-15)18-17-9-6-5-7-14-19(17)2/h10-13H,3-9,14H2,1-2H3. The molecule has 19 heavy (non-hydrogen) atoms. The van der Waals surface area contributed by atoms with Gasteiger partial charge in [-0.2, -0.15) is 0 Å². The minimum Gasteiger partial charge on any atom is -0.363 e. The van der Waals surface area contributed by atoms with Crippen molar-refractivity contribution in [1.82, 2.24) is 4.90 Å². The van der Waals surface area contributed by atoms with Crippen molar-refractivity contribution in [3.63, 3.8) is 0 Å². The van der Waals surface area contributed by atoms with Crippen LogP contribution in [0, 0.1) is 0 Å². The molecular weight excluding hydrogens is 232 g/mol. The van der Waals surface area contributed by atoms with Gasteiger partial charge in [-0.3, -0.25) is 0 Å². The van der Waals surface area contributed by atoms with Crippen LogP contribution >= 0.6 is 0 Å². The molecule has 0 radical (unpaired) electrons. The number of hydrogen-bond acceptors (Lipinski definition) is 1. The number of nitrogens with zero attached hydrogens (tertiary/aromatic N) is 2. The summed E-state index contributed by atoms with van der Waals surface area (Å²) >= 11 is 0. The molecule has 1 aromatic carbocycles. The van der Waals surface area contributed by atoms with Crippen molar-refractivity contribution < 1.29 is 0 Å². The van der Waals surface area contributed by atoms with Crippen LogP contribution in [0.15, 0.2) is 29.3 Å². The second-order valence-corrected chi connectivity index (χ2v) is 5.53. The maximum absolute atomic E-state index is 4.82. The fourth-order valence-corrected chi connectivity index (χ4v) is 2.54. The van der Waals surface area contributed by atoms with Crippen LogP contribution in [0.3, 0.4) is 0 Å². The van der Waals surface area contributed by atoms with Crippen LogP contribution in [0.1, 0.15) is 51.0 Å². The maximum Gasteiger partial charge on any atom is 0.105 e. The summed E-state index contributed by atoms with van der Waals surface area (Å²) in [5, 5.41) is 0. The van der Waals surface area contributed by atoms with E-state index in [4.69, 9.17) is 4.99 Å². The highest BCUT2D eigenvalue weighted by molar-refractivity contribution is 5.84. The first kappa shape index (κ1) is 14.1. The number of rotatable bonds is 4. The summed E-state index contributed by atoms with van der Waals surface area (Å²) in [6, 6.07) is 8.78. The fourth-order valence-electron chi connectivity index (χ4n) is 2.54. The molecule has 1 aromatic rings. The lowest BCUT2D eigenvalue weighted by molar-refractivity contribution is 0.494. The van der Waals surface area contributed by atoms with Crippen molar-refractivity contribution in [2.24, 2.45) is 4.99 Å². The zero-order chi connectivity index (χ0) is 13.5.